The summed E-state index contributed by atoms with van der Waals surface area (Å²) in [5.41, 5.74) is 0.588. The van der Waals surface area contributed by atoms with Crippen molar-refractivity contribution in [1.29, 1.82) is 0 Å². The van der Waals surface area contributed by atoms with Crippen molar-refractivity contribution in [2.75, 3.05) is 38.2 Å². The van der Waals surface area contributed by atoms with Crippen LogP contribution >= 0.6 is 0 Å². The molecule has 1 fully saturated rings. The van der Waals surface area contributed by atoms with Crippen LogP contribution in [0.15, 0.2) is 23.1 Å². The molecule has 1 aromatic rings. The monoisotopic (exact) mass is 383 g/mol. The molecule has 0 saturated carbocycles. The Bertz CT molecular complexity index is 732. The molecule has 8 heteroatoms. The number of rotatable bonds is 9. The normalized spacial score (nSPS) is 16.3. The largest absolute Gasteiger partial charge is 0.495 e. The van der Waals surface area contributed by atoms with Crippen LogP contribution < -0.4 is 14.4 Å². The summed E-state index contributed by atoms with van der Waals surface area (Å²) >= 11 is 0. The van der Waals surface area contributed by atoms with Gasteiger partial charge in [0.25, 0.3) is 0 Å². The molecule has 1 N–H and O–H groups in total. The first kappa shape index (κ1) is 20.7. The molecular weight excluding hydrogens is 354 g/mol. The molecule has 0 bridgehead atoms. The Morgan fingerprint density at radius 1 is 1.31 bits per heavy atom. The molecule has 1 heterocycles. The summed E-state index contributed by atoms with van der Waals surface area (Å²) in [5.74, 6) is 0.282. The Balaban J connectivity index is 2.25. The van der Waals surface area contributed by atoms with E-state index in [1.807, 2.05) is 20.8 Å². The van der Waals surface area contributed by atoms with Gasteiger partial charge in [0.1, 0.15) is 10.6 Å². The van der Waals surface area contributed by atoms with Crippen LogP contribution in [0.25, 0.3) is 0 Å². The lowest BCUT2D eigenvalue weighted by atomic mass is 10.3. The lowest BCUT2D eigenvalue weighted by molar-refractivity contribution is -0.117. The first-order valence-corrected chi connectivity index (χ1v) is 10.5. The Morgan fingerprint density at radius 3 is 2.54 bits per heavy atom. The van der Waals surface area contributed by atoms with Crippen LogP contribution in [-0.4, -0.2) is 58.6 Å². The number of methoxy groups -OCH3 is 1. The Morgan fingerprint density at radius 2 is 2.00 bits per heavy atom. The molecule has 1 amide bonds. The molecule has 1 aliphatic heterocycles. The quantitative estimate of drug-likeness (QED) is 0.704. The van der Waals surface area contributed by atoms with Gasteiger partial charge in [0.05, 0.1) is 7.11 Å². The van der Waals surface area contributed by atoms with Gasteiger partial charge in [-0.25, -0.2) is 13.1 Å². The highest BCUT2D eigenvalue weighted by Gasteiger charge is 2.26. The van der Waals surface area contributed by atoms with E-state index < -0.39 is 10.0 Å². The molecule has 0 aliphatic carbocycles. The summed E-state index contributed by atoms with van der Waals surface area (Å²) in [6.07, 6.45) is 1.28. The number of ether oxygens (including phenoxy) is 1. The van der Waals surface area contributed by atoms with E-state index in [0.717, 1.165) is 19.5 Å². The summed E-state index contributed by atoms with van der Waals surface area (Å²) in [4.78, 5) is 15.8. The second kappa shape index (κ2) is 8.83. The van der Waals surface area contributed by atoms with E-state index in [4.69, 9.17) is 4.74 Å². The number of carbonyl (C=O) groups excluding carboxylic acids is 1. The van der Waals surface area contributed by atoms with Gasteiger partial charge in [0.2, 0.25) is 15.9 Å². The average molecular weight is 384 g/mol. The zero-order valence-corrected chi connectivity index (χ0v) is 16.8. The molecule has 2 rings (SSSR count). The SMILES string of the molecule is CCN(CC)C(C)CNS(=O)(=O)c1cc(N2CCCC2=O)ccc1OC. The van der Waals surface area contributed by atoms with Gasteiger partial charge >= 0.3 is 0 Å². The fourth-order valence-electron chi connectivity index (χ4n) is 3.25. The van der Waals surface area contributed by atoms with Gasteiger partial charge in [-0.15, -0.1) is 0 Å². The number of benzene rings is 1. The minimum atomic E-state index is -3.76. The number of carbonyl (C=O) groups is 1. The van der Waals surface area contributed by atoms with Crippen molar-refractivity contribution in [3.8, 4) is 5.75 Å². The maximum Gasteiger partial charge on any atom is 0.244 e. The number of hydrogen-bond donors (Lipinski definition) is 1. The molecule has 0 radical (unpaired) electrons. The summed E-state index contributed by atoms with van der Waals surface area (Å²) in [5, 5.41) is 0. The first-order valence-electron chi connectivity index (χ1n) is 9.06. The van der Waals surface area contributed by atoms with E-state index in [0.29, 0.717) is 25.2 Å². The maximum absolute atomic E-state index is 12.9. The zero-order chi connectivity index (χ0) is 19.3. The number of anilines is 1. The van der Waals surface area contributed by atoms with Crippen LogP contribution in [0.4, 0.5) is 5.69 Å². The van der Waals surface area contributed by atoms with Gasteiger partial charge in [-0.05, 0) is 44.6 Å². The Labute approximate surface area is 156 Å². The smallest absolute Gasteiger partial charge is 0.244 e. The fourth-order valence-corrected chi connectivity index (χ4v) is 4.56. The van der Waals surface area contributed by atoms with Gasteiger partial charge in [0.15, 0.2) is 0 Å². The number of nitrogens with one attached hydrogen (secondary N) is 1. The second-order valence-corrected chi connectivity index (χ2v) is 8.14. The number of hydrogen-bond acceptors (Lipinski definition) is 5. The Hall–Kier alpha value is -1.64. The third-order valence-corrected chi connectivity index (χ3v) is 6.27. The second-order valence-electron chi connectivity index (χ2n) is 6.41. The van der Waals surface area contributed by atoms with E-state index in [1.165, 1.54) is 13.2 Å². The van der Waals surface area contributed by atoms with Gasteiger partial charge in [-0.1, -0.05) is 13.8 Å². The van der Waals surface area contributed by atoms with Gasteiger partial charge in [0, 0.05) is 31.2 Å². The molecule has 0 spiro atoms. The molecule has 0 aromatic heterocycles. The van der Waals surface area contributed by atoms with Crippen LogP contribution in [-0.2, 0) is 14.8 Å². The minimum absolute atomic E-state index is 0.0154. The molecule has 1 saturated heterocycles. The summed E-state index contributed by atoms with van der Waals surface area (Å²) in [6.45, 7) is 8.72. The number of nitrogens with zero attached hydrogens (tertiary/aromatic N) is 2. The van der Waals surface area contributed by atoms with Crippen molar-refractivity contribution in [3.05, 3.63) is 18.2 Å². The number of sulfonamides is 1. The van der Waals surface area contributed by atoms with Crippen LogP contribution in [0.2, 0.25) is 0 Å². The van der Waals surface area contributed by atoms with E-state index in [2.05, 4.69) is 9.62 Å². The zero-order valence-electron chi connectivity index (χ0n) is 16.0. The van der Waals surface area contributed by atoms with Crippen molar-refractivity contribution in [3.63, 3.8) is 0 Å². The van der Waals surface area contributed by atoms with E-state index >= 15 is 0 Å². The lowest BCUT2D eigenvalue weighted by Gasteiger charge is -2.26. The standard InChI is InChI=1S/C18H29N3O4S/c1-5-20(6-2)14(3)13-19-26(23,24)17-12-15(9-10-16(17)25-4)21-11-7-8-18(21)22/h9-10,12,14,19H,5-8,11,13H2,1-4H3. The van der Waals surface area contributed by atoms with Crippen molar-refractivity contribution >= 4 is 21.6 Å². The van der Waals surface area contributed by atoms with Crippen molar-refractivity contribution in [2.45, 2.75) is 44.6 Å². The minimum Gasteiger partial charge on any atom is -0.495 e. The first-order chi connectivity index (χ1) is 12.3. The molecule has 26 heavy (non-hydrogen) atoms. The summed E-state index contributed by atoms with van der Waals surface area (Å²) < 4.78 is 33.6. The topological polar surface area (TPSA) is 79.0 Å². The van der Waals surface area contributed by atoms with Crippen molar-refractivity contribution < 1.29 is 17.9 Å². The summed E-state index contributed by atoms with van der Waals surface area (Å²) in [6, 6.07) is 4.92. The third-order valence-electron chi connectivity index (χ3n) is 4.83. The highest BCUT2D eigenvalue weighted by Crippen LogP contribution is 2.30. The van der Waals surface area contributed by atoms with Crippen LogP contribution in [0.3, 0.4) is 0 Å². The predicted octanol–water partition coefficient (Wildman–Crippen LogP) is 1.83. The molecule has 7 nitrogen and oxygen atoms in total. The lowest BCUT2D eigenvalue weighted by Crippen LogP contribution is -2.42. The Kier molecular flexibility index (Phi) is 7.02. The van der Waals surface area contributed by atoms with Gasteiger partial charge in [-0.2, -0.15) is 0 Å². The molecule has 1 aromatic carbocycles. The van der Waals surface area contributed by atoms with Crippen molar-refractivity contribution in [2.24, 2.45) is 0 Å². The maximum atomic E-state index is 12.9. The highest BCUT2D eigenvalue weighted by molar-refractivity contribution is 7.89. The van der Waals surface area contributed by atoms with E-state index in [-0.39, 0.29) is 22.6 Å². The molecule has 1 aliphatic rings. The van der Waals surface area contributed by atoms with Gasteiger partial charge < -0.3 is 9.64 Å². The van der Waals surface area contributed by atoms with Gasteiger partial charge in [-0.3, -0.25) is 9.69 Å². The number of likely N-dealkylation sites (N-methyl/N-ethyl adjacent to an activating group) is 1. The van der Waals surface area contributed by atoms with Crippen molar-refractivity contribution in [1.82, 2.24) is 9.62 Å². The predicted molar refractivity (Wildman–Crippen MR) is 102 cm³/mol. The van der Waals surface area contributed by atoms with E-state index in [9.17, 15) is 13.2 Å². The molecule has 146 valence electrons. The molecule has 1 atom stereocenters. The third kappa shape index (κ3) is 4.55. The van der Waals surface area contributed by atoms with Crippen LogP contribution in [0.5, 0.6) is 5.75 Å². The number of amides is 1. The summed E-state index contributed by atoms with van der Waals surface area (Å²) in [7, 11) is -2.32. The van der Waals surface area contributed by atoms with E-state index in [1.54, 1.807) is 17.0 Å². The fraction of sp³-hybridized carbons (Fsp3) is 0.611. The average Bonchev–Trinajstić information content (AvgIpc) is 3.06. The van der Waals surface area contributed by atoms with Crippen LogP contribution in [0.1, 0.15) is 33.6 Å². The highest BCUT2D eigenvalue weighted by atomic mass is 32.2. The molecular formula is C18H29N3O4S. The molecule has 1 unspecified atom stereocenters. The van der Waals surface area contributed by atoms with Crippen LogP contribution in [0, 0.1) is 0 Å².